The maximum absolute atomic E-state index is 12.3. The van der Waals surface area contributed by atoms with Gasteiger partial charge in [-0.25, -0.2) is 0 Å². The van der Waals surface area contributed by atoms with Crippen LogP contribution in [0.3, 0.4) is 0 Å². The van der Waals surface area contributed by atoms with Gasteiger partial charge in [0.2, 0.25) is 12.7 Å². The number of alkyl halides is 1. The number of nitrogens with one attached hydrogen (secondary N) is 2. The Kier molecular flexibility index (Phi) is 5.81. The first-order valence-corrected chi connectivity index (χ1v) is 10.1. The van der Waals surface area contributed by atoms with Gasteiger partial charge in [-0.3, -0.25) is 9.59 Å². The lowest BCUT2D eigenvalue weighted by atomic mass is 9.96. The predicted octanol–water partition coefficient (Wildman–Crippen LogP) is 3.45. The molecule has 7 nitrogen and oxygen atoms in total. The fraction of sp³-hybridized carbons (Fsp3) is 0.273. The Bertz CT molecular complexity index is 1090. The molecule has 2 N–H and O–H groups in total. The first-order valence-electron chi connectivity index (χ1n) is 9.52. The molecule has 0 fully saturated rings. The molecule has 0 radical (unpaired) electrons. The number of fused-ring (bicyclic) bond motifs is 2. The Labute approximate surface area is 178 Å². The molecule has 1 amide bonds. The molecule has 30 heavy (non-hydrogen) atoms. The average molecular weight is 429 g/mol. The van der Waals surface area contributed by atoms with Crippen molar-refractivity contribution in [3.05, 3.63) is 59.3 Å². The van der Waals surface area contributed by atoms with Gasteiger partial charge < -0.3 is 24.5 Å². The highest BCUT2D eigenvalue weighted by Crippen LogP contribution is 2.37. The van der Waals surface area contributed by atoms with Crippen molar-refractivity contribution in [3.63, 3.8) is 0 Å². The minimum atomic E-state index is -0.509. The number of hydrogen-bond acceptors (Lipinski definition) is 5. The van der Waals surface area contributed by atoms with Gasteiger partial charge in [-0.2, -0.15) is 0 Å². The zero-order valence-electron chi connectivity index (χ0n) is 16.4. The van der Waals surface area contributed by atoms with Crippen molar-refractivity contribution in [2.75, 3.05) is 19.8 Å². The van der Waals surface area contributed by atoms with Crippen molar-refractivity contribution in [3.8, 4) is 11.5 Å². The Morgan fingerprint density at radius 3 is 2.80 bits per heavy atom. The minimum absolute atomic E-state index is 0.161. The van der Waals surface area contributed by atoms with Crippen LogP contribution in [0.1, 0.15) is 29.3 Å². The smallest absolute Gasteiger partial charge is 0.305 e. The molecule has 4 rings (SSSR count). The molecule has 2 aromatic carbocycles. The summed E-state index contributed by atoms with van der Waals surface area (Å²) < 4.78 is 15.7. The molecule has 8 heteroatoms. The molecule has 0 bridgehead atoms. The van der Waals surface area contributed by atoms with Gasteiger partial charge >= 0.3 is 5.97 Å². The monoisotopic (exact) mass is 428 g/mol. The number of carbonyl (C=O) groups excluding carboxylic acids is 2. The lowest BCUT2D eigenvalue weighted by Crippen LogP contribution is -2.31. The van der Waals surface area contributed by atoms with Gasteiger partial charge in [-0.05, 0) is 35.7 Å². The van der Waals surface area contributed by atoms with E-state index in [2.05, 4.69) is 10.3 Å². The summed E-state index contributed by atoms with van der Waals surface area (Å²) in [4.78, 5) is 27.5. The third-order valence-electron chi connectivity index (χ3n) is 5.10. The van der Waals surface area contributed by atoms with Crippen molar-refractivity contribution in [1.82, 2.24) is 10.3 Å². The number of esters is 1. The molecule has 0 aliphatic carbocycles. The van der Waals surface area contributed by atoms with Crippen LogP contribution in [0.2, 0.25) is 0 Å². The van der Waals surface area contributed by atoms with E-state index in [9.17, 15) is 9.59 Å². The van der Waals surface area contributed by atoms with Crippen molar-refractivity contribution < 1.29 is 23.8 Å². The average Bonchev–Trinajstić information content (AvgIpc) is 3.39. The van der Waals surface area contributed by atoms with Crippen LogP contribution in [-0.2, 0) is 20.7 Å². The standard InChI is InChI=1S/C22H21ClN2O5/c1-28-20(27)9-7-15-14-4-2-3-5-16(14)24-22(15)21(25-19(26)11-23)13-6-8-17-18(10-13)30-12-29-17/h2-6,8,10,21,24H,7,9,11-12H2,1H3,(H,25,26)/t21-/m1/s1. The van der Waals surface area contributed by atoms with Crippen LogP contribution < -0.4 is 14.8 Å². The number of benzene rings is 2. The van der Waals surface area contributed by atoms with E-state index >= 15 is 0 Å². The van der Waals surface area contributed by atoms with Gasteiger partial charge in [0.25, 0.3) is 0 Å². The van der Waals surface area contributed by atoms with Gasteiger partial charge in [0.05, 0.1) is 13.2 Å². The number of carbonyl (C=O) groups is 2. The third-order valence-corrected chi connectivity index (χ3v) is 5.34. The number of para-hydroxylation sites is 1. The van der Waals surface area contributed by atoms with Crippen LogP contribution in [0.5, 0.6) is 11.5 Å². The molecule has 156 valence electrons. The van der Waals surface area contributed by atoms with Gasteiger partial charge in [0.1, 0.15) is 5.88 Å². The molecule has 1 aliphatic rings. The van der Waals surface area contributed by atoms with Gasteiger partial charge in [-0.15, -0.1) is 11.6 Å². The van der Waals surface area contributed by atoms with E-state index in [1.807, 2.05) is 42.5 Å². The number of aromatic amines is 1. The SMILES string of the molecule is COC(=O)CCc1c([C@H](NC(=O)CCl)c2ccc3c(c2)OCO3)[nH]c2ccccc12. The number of halogens is 1. The summed E-state index contributed by atoms with van der Waals surface area (Å²) in [5, 5.41) is 3.97. The molecule has 2 heterocycles. The quantitative estimate of drug-likeness (QED) is 0.444. The van der Waals surface area contributed by atoms with Crippen LogP contribution in [0.15, 0.2) is 42.5 Å². The van der Waals surface area contributed by atoms with Crippen molar-refractivity contribution in [2.45, 2.75) is 18.9 Å². The second-order valence-electron chi connectivity index (χ2n) is 6.89. The van der Waals surface area contributed by atoms with E-state index in [0.717, 1.165) is 27.7 Å². The first-order chi connectivity index (χ1) is 14.6. The topological polar surface area (TPSA) is 89.7 Å². The fourth-order valence-corrected chi connectivity index (χ4v) is 3.76. The van der Waals surface area contributed by atoms with Crippen LogP contribution in [0, 0.1) is 0 Å². The Morgan fingerprint density at radius 2 is 2.00 bits per heavy atom. The van der Waals surface area contributed by atoms with E-state index in [1.54, 1.807) is 0 Å². The normalized spacial score (nSPS) is 13.3. The highest BCUT2D eigenvalue weighted by Gasteiger charge is 2.26. The second kappa shape index (κ2) is 8.67. The van der Waals surface area contributed by atoms with Crippen LogP contribution in [0.25, 0.3) is 10.9 Å². The molecule has 0 saturated heterocycles. The molecule has 0 spiro atoms. The third kappa shape index (κ3) is 3.93. The Balaban J connectivity index is 1.81. The number of aromatic nitrogens is 1. The fourth-order valence-electron chi connectivity index (χ4n) is 3.68. The Hall–Kier alpha value is -3.19. The minimum Gasteiger partial charge on any atom is -0.469 e. The van der Waals surface area contributed by atoms with Gasteiger partial charge in [-0.1, -0.05) is 24.3 Å². The van der Waals surface area contributed by atoms with E-state index in [-0.39, 0.29) is 31.0 Å². The summed E-state index contributed by atoms with van der Waals surface area (Å²) in [5.41, 5.74) is 3.45. The first kappa shape index (κ1) is 20.1. The summed E-state index contributed by atoms with van der Waals surface area (Å²) in [5.74, 6) is 0.500. The van der Waals surface area contributed by atoms with Crippen molar-refractivity contribution in [2.24, 2.45) is 0 Å². The number of methoxy groups -OCH3 is 1. The maximum Gasteiger partial charge on any atom is 0.305 e. The lowest BCUT2D eigenvalue weighted by molar-refractivity contribution is -0.140. The number of hydrogen-bond donors (Lipinski definition) is 2. The molecule has 0 saturated carbocycles. The summed E-state index contributed by atoms with van der Waals surface area (Å²) in [7, 11) is 1.37. The molecule has 0 unspecified atom stereocenters. The van der Waals surface area contributed by atoms with E-state index in [4.69, 9.17) is 25.8 Å². The number of rotatable bonds is 7. The van der Waals surface area contributed by atoms with Crippen LogP contribution >= 0.6 is 11.6 Å². The number of ether oxygens (including phenoxy) is 3. The molecular formula is C22H21ClN2O5. The van der Waals surface area contributed by atoms with Gasteiger partial charge in [0.15, 0.2) is 11.5 Å². The van der Waals surface area contributed by atoms with Crippen molar-refractivity contribution in [1.29, 1.82) is 0 Å². The lowest BCUT2D eigenvalue weighted by Gasteiger charge is -2.20. The van der Waals surface area contributed by atoms with Crippen LogP contribution in [-0.4, -0.2) is 36.6 Å². The number of amides is 1. The van der Waals surface area contributed by atoms with E-state index in [0.29, 0.717) is 17.9 Å². The summed E-state index contributed by atoms with van der Waals surface area (Å²) in [6.45, 7) is 0.161. The number of aryl methyl sites for hydroxylation is 1. The van der Waals surface area contributed by atoms with Crippen molar-refractivity contribution >= 4 is 34.4 Å². The summed E-state index contributed by atoms with van der Waals surface area (Å²) >= 11 is 5.78. The van der Waals surface area contributed by atoms with E-state index < -0.39 is 6.04 Å². The molecule has 1 atom stereocenters. The second-order valence-corrected chi connectivity index (χ2v) is 7.15. The van der Waals surface area contributed by atoms with E-state index in [1.165, 1.54) is 7.11 Å². The highest BCUT2D eigenvalue weighted by atomic mass is 35.5. The molecule has 1 aliphatic heterocycles. The van der Waals surface area contributed by atoms with Gasteiger partial charge in [0, 0.05) is 23.0 Å². The summed E-state index contributed by atoms with van der Waals surface area (Å²) in [6.07, 6.45) is 0.687. The molecular weight excluding hydrogens is 408 g/mol. The zero-order chi connectivity index (χ0) is 21.1. The zero-order valence-corrected chi connectivity index (χ0v) is 17.1. The highest BCUT2D eigenvalue weighted by molar-refractivity contribution is 6.27. The Morgan fingerprint density at radius 1 is 1.20 bits per heavy atom. The molecule has 1 aromatic heterocycles. The number of H-pyrrole nitrogens is 1. The maximum atomic E-state index is 12.3. The van der Waals surface area contributed by atoms with Crippen LogP contribution in [0.4, 0.5) is 0 Å². The molecule has 3 aromatic rings. The largest absolute Gasteiger partial charge is 0.469 e. The summed E-state index contributed by atoms with van der Waals surface area (Å²) in [6, 6.07) is 12.8. The predicted molar refractivity (Wildman–Crippen MR) is 112 cm³/mol.